The number of thiophene rings is 1. The molecule has 0 saturated carbocycles. The fourth-order valence-corrected chi connectivity index (χ4v) is 3.59. The SMILES string of the molecule is CCOC(=O)N1CCc2c(sc3nc(C)ncc23)C1. The van der Waals surface area contributed by atoms with E-state index in [1.165, 1.54) is 10.4 Å². The van der Waals surface area contributed by atoms with Crippen molar-refractivity contribution in [2.75, 3.05) is 13.2 Å². The number of carbonyl (C=O) groups excluding carboxylic acids is 1. The summed E-state index contributed by atoms with van der Waals surface area (Å²) in [6, 6.07) is 0. The molecule has 2 aromatic rings. The summed E-state index contributed by atoms with van der Waals surface area (Å²) in [7, 11) is 0. The number of ether oxygens (including phenoxy) is 1. The first-order chi connectivity index (χ1) is 9.19. The van der Waals surface area contributed by atoms with E-state index in [-0.39, 0.29) is 6.09 Å². The van der Waals surface area contributed by atoms with Gasteiger partial charge in [-0.05, 0) is 25.8 Å². The van der Waals surface area contributed by atoms with E-state index in [4.69, 9.17) is 4.74 Å². The minimum Gasteiger partial charge on any atom is -0.450 e. The van der Waals surface area contributed by atoms with Gasteiger partial charge in [-0.3, -0.25) is 0 Å². The van der Waals surface area contributed by atoms with Crippen LogP contribution in [0.25, 0.3) is 10.2 Å². The highest BCUT2D eigenvalue weighted by atomic mass is 32.1. The van der Waals surface area contributed by atoms with Crippen LogP contribution in [0.4, 0.5) is 4.79 Å². The number of nitrogens with zero attached hydrogens (tertiary/aromatic N) is 3. The first-order valence-corrected chi connectivity index (χ1v) is 7.16. The highest BCUT2D eigenvalue weighted by molar-refractivity contribution is 7.18. The Bertz CT molecular complexity index is 638. The second-order valence-corrected chi connectivity index (χ2v) is 5.59. The number of amides is 1. The van der Waals surface area contributed by atoms with E-state index in [1.54, 1.807) is 16.2 Å². The predicted molar refractivity (Wildman–Crippen MR) is 73.3 cm³/mol. The van der Waals surface area contributed by atoms with Gasteiger partial charge in [-0.1, -0.05) is 0 Å². The second kappa shape index (κ2) is 4.77. The summed E-state index contributed by atoms with van der Waals surface area (Å²) < 4.78 is 5.05. The average Bonchev–Trinajstić information content (AvgIpc) is 2.75. The third-order valence-corrected chi connectivity index (χ3v) is 4.37. The quantitative estimate of drug-likeness (QED) is 0.803. The molecular formula is C13H15N3O2S. The first-order valence-electron chi connectivity index (χ1n) is 6.34. The smallest absolute Gasteiger partial charge is 0.410 e. The molecule has 0 bridgehead atoms. The lowest BCUT2D eigenvalue weighted by Gasteiger charge is -2.25. The maximum absolute atomic E-state index is 11.8. The highest BCUT2D eigenvalue weighted by Gasteiger charge is 2.25. The van der Waals surface area contributed by atoms with Crippen LogP contribution in [0.5, 0.6) is 0 Å². The van der Waals surface area contributed by atoms with E-state index < -0.39 is 0 Å². The van der Waals surface area contributed by atoms with E-state index in [1.807, 2.05) is 20.0 Å². The maximum atomic E-state index is 11.8. The summed E-state index contributed by atoms with van der Waals surface area (Å²) >= 11 is 1.65. The van der Waals surface area contributed by atoms with Crippen molar-refractivity contribution in [2.45, 2.75) is 26.8 Å². The van der Waals surface area contributed by atoms with Crippen LogP contribution in [0.15, 0.2) is 6.20 Å². The molecule has 100 valence electrons. The number of hydrogen-bond donors (Lipinski definition) is 0. The largest absolute Gasteiger partial charge is 0.450 e. The van der Waals surface area contributed by atoms with Crippen molar-refractivity contribution >= 4 is 27.6 Å². The summed E-state index contributed by atoms with van der Waals surface area (Å²) in [5.74, 6) is 0.786. The topological polar surface area (TPSA) is 55.3 Å². The third kappa shape index (κ3) is 2.16. The van der Waals surface area contributed by atoms with E-state index in [9.17, 15) is 4.79 Å². The van der Waals surface area contributed by atoms with Crippen LogP contribution in [0.1, 0.15) is 23.2 Å². The second-order valence-electron chi connectivity index (χ2n) is 4.51. The van der Waals surface area contributed by atoms with Gasteiger partial charge < -0.3 is 9.64 Å². The lowest BCUT2D eigenvalue weighted by molar-refractivity contribution is 0.103. The highest BCUT2D eigenvalue weighted by Crippen LogP contribution is 2.33. The number of aryl methyl sites for hydroxylation is 1. The third-order valence-electron chi connectivity index (χ3n) is 3.25. The first kappa shape index (κ1) is 12.3. The Morgan fingerprint density at radius 2 is 2.42 bits per heavy atom. The Balaban J connectivity index is 1.93. The van der Waals surface area contributed by atoms with Gasteiger partial charge in [0.05, 0.1) is 13.2 Å². The van der Waals surface area contributed by atoms with Gasteiger partial charge in [-0.25, -0.2) is 14.8 Å². The fraction of sp³-hybridized carbons (Fsp3) is 0.462. The Kier molecular flexibility index (Phi) is 3.10. The summed E-state index contributed by atoms with van der Waals surface area (Å²) in [5, 5.41) is 1.13. The lowest BCUT2D eigenvalue weighted by atomic mass is 10.1. The summed E-state index contributed by atoms with van der Waals surface area (Å²) in [6.07, 6.45) is 2.51. The molecule has 0 unspecified atom stereocenters. The van der Waals surface area contributed by atoms with Crippen LogP contribution >= 0.6 is 11.3 Å². The minimum atomic E-state index is -0.229. The van der Waals surface area contributed by atoms with Crippen molar-refractivity contribution in [3.05, 3.63) is 22.5 Å². The van der Waals surface area contributed by atoms with E-state index in [0.29, 0.717) is 19.7 Å². The molecule has 0 fully saturated rings. The molecule has 0 radical (unpaired) electrons. The van der Waals surface area contributed by atoms with Crippen molar-refractivity contribution < 1.29 is 9.53 Å². The summed E-state index contributed by atoms with van der Waals surface area (Å²) in [5.41, 5.74) is 1.29. The van der Waals surface area contributed by atoms with Crippen molar-refractivity contribution in [2.24, 2.45) is 0 Å². The Morgan fingerprint density at radius 3 is 3.21 bits per heavy atom. The molecule has 0 N–H and O–H groups in total. The summed E-state index contributed by atoms with van der Waals surface area (Å²) in [6.45, 7) is 5.45. The lowest BCUT2D eigenvalue weighted by Crippen LogP contribution is -2.35. The van der Waals surface area contributed by atoms with Gasteiger partial charge in [0.25, 0.3) is 0 Å². The molecule has 5 nitrogen and oxygen atoms in total. The standard InChI is InChI=1S/C13H15N3O2S/c1-3-18-13(17)16-5-4-9-10-6-14-8(2)15-12(10)19-11(9)7-16/h6H,3-5,7H2,1-2H3. The molecule has 0 spiro atoms. The van der Waals surface area contributed by atoms with Gasteiger partial charge in [-0.2, -0.15) is 0 Å². The van der Waals surface area contributed by atoms with Gasteiger partial charge >= 0.3 is 6.09 Å². The number of fused-ring (bicyclic) bond motifs is 3. The number of rotatable bonds is 1. The van der Waals surface area contributed by atoms with E-state index in [2.05, 4.69) is 9.97 Å². The number of hydrogen-bond acceptors (Lipinski definition) is 5. The molecule has 0 saturated heterocycles. The number of carbonyl (C=O) groups is 1. The van der Waals surface area contributed by atoms with Gasteiger partial charge in [0.15, 0.2) is 0 Å². The average molecular weight is 277 g/mol. The molecule has 1 aliphatic rings. The molecule has 1 amide bonds. The van der Waals surface area contributed by atoms with Crippen LogP contribution in [0, 0.1) is 6.92 Å². The van der Waals surface area contributed by atoms with Gasteiger partial charge in [-0.15, -0.1) is 11.3 Å². The van der Waals surface area contributed by atoms with E-state index >= 15 is 0 Å². The van der Waals surface area contributed by atoms with Crippen molar-refractivity contribution in [1.82, 2.24) is 14.9 Å². The molecular weight excluding hydrogens is 262 g/mol. The predicted octanol–water partition coefficient (Wildman–Crippen LogP) is 2.51. The maximum Gasteiger partial charge on any atom is 0.410 e. The zero-order valence-electron chi connectivity index (χ0n) is 11.0. The zero-order valence-corrected chi connectivity index (χ0v) is 11.8. The van der Waals surface area contributed by atoms with Gasteiger partial charge in [0.2, 0.25) is 0 Å². The van der Waals surface area contributed by atoms with Gasteiger partial charge in [0.1, 0.15) is 10.7 Å². The molecule has 2 aromatic heterocycles. The monoisotopic (exact) mass is 277 g/mol. The van der Waals surface area contributed by atoms with Crippen LogP contribution in [-0.4, -0.2) is 34.1 Å². The molecule has 19 heavy (non-hydrogen) atoms. The van der Waals surface area contributed by atoms with Crippen LogP contribution in [0.3, 0.4) is 0 Å². The van der Waals surface area contributed by atoms with Crippen molar-refractivity contribution in [3.8, 4) is 0 Å². The van der Waals surface area contributed by atoms with Crippen LogP contribution in [0.2, 0.25) is 0 Å². The number of aromatic nitrogens is 2. The van der Waals surface area contributed by atoms with Crippen molar-refractivity contribution in [1.29, 1.82) is 0 Å². The van der Waals surface area contributed by atoms with Crippen LogP contribution < -0.4 is 0 Å². The molecule has 3 heterocycles. The fourth-order valence-electron chi connectivity index (χ4n) is 2.33. The molecule has 0 aromatic carbocycles. The Morgan fingerprint density at radius 1 is 1.58 bits per heavy atom. The molecule has 1 aliphatic heterocycles. The molecule has 0 aliphatic carbocycles. The molecule has 6 heteroatoms. The van der Waals surface area contributed by atoms with Crippen LogP contribution in [-0.2, 0) is 17.7 Å². The van der Waals surface area contributed by atoms with Gasteiger partial charge in [0, 0.05) is 23.0 Å². The summed E-state index contributed by atoms with van der Waals surface area (Å²) in [4.78, 5) is 24.5. The van der Waals surface area contributed by atoms with E-state index in [0.717, 1.165) is 22.5 Å². The zero-order chi connectivity index (χ0) is 13.4. The van der Waals surface area contributed by atoms with Crippen molar-refractivity contribution in [3.63, 3.8) is 0 Å². The molecule has 3 rings (SSSR count). The minimum absolute atomic E-state index is 0.229. The Hall–Kier alpha value is -1.69. The normalized spacial score (nSPS) is 14.5. The Labute approximate surface area is 115 Å². The molecule has 0 atom stereocenters.